The summed E-state index contributed by atoms with van der Waals surface area (Å²) in [4.78, 5) is 18.7. The van der Waals surface area contributed by atoms with Gasteiger partial charge in [0.15, 0.2) is 5.76 Å². The van der Waals surface area contributed by atoms with Gasteiger partial charge >= 0.3 is 5.91 Å². The van der Waals surface area contributed by atoms with Gasteiger partial charge in [-0.3, -0.25) is 14.5 Å². The fourth-order valence-electron chi connectivity index (χ4n) is 2.24. The first-order valence-electron chi connectivity index (χ1n) is 7.99. The van der Waals surface area contributed by atoms with Crippen LogP contribution in [0.5, 0.6) is 0 Å². The largest absolute Gasteiger partial charge is 0.454 e. The van der Waals surface area contributed by atoms with Crippen LogP contribution in [-0.2, 0) is 17.9 Å². The molecule has 0 saturated heterocycles. The molecule has 6 heteroatoms. The van der Waals surface area contributed by atoms with Crippen molar-refractivity contribution in [2.75, 3.05) is 6.61 Å². The lowest BCUT2D eigenvalue weighted by Crippen LogP contribution is -2.30. The minimum absolute atomic E-state index is 0.188. The molecule has 0 radical (unpaired) electrons. The lowest BCUT2D eigenvalue weighted by Gasteiger charge is -2.25. The van der Waals surface area contributed by atoms with E-state index in [1.54, 1.807) is 31.2 Å². The molecule has 2 aromatic rings. The van der Waals surface area contributed by atoms with Crippen molar-refractivity contribution < 1.29 is 18.4 Å². The van der Waals surface area contributed by atoms with Crippen molar-refractivity contribution >= 4 is 5.91 Å². The highest BCUT2D eigenvalue weighted by atomic mass is 19.1. The molecule has 0 spiro atoms. The van der Waals surface area contributed by atoms with E-state index in [-0.39, 0.29) is 17.6 Å². The monoisotopic (exact) mass is 334 g/mol. The number of furan rings is 1. The molecule has 0 aliphatic rings. The average Bonchev–Trinajstić information content (AvgIpc) is 3.02. The molecule has 0 saturated carbocycles. The van der Waals surface area contributed by atoms with E-state index in [2.05, 4.69) is 10.4 Å². The molecule has 0 aliphatic heterocycles. The van der Waals surface area contributed by atoms with Gasteiger partial charge in [0.2, 0.25) is 0 Å². The van der Waals surface area contributed by atoms with E-state index in [0.29, 0.717) is 31.0 Å². The molecule has 5 nitrogen and oxygen atoms in total. The molecule has 0 bridgehead atoms. The molecule has 0 aliphatic carbocycles. The molecule has 0 atom stereocenters. The summed E-state index contributed by atoms with van der Waals surface area (Å²) in [5.41, 5.74) is 2.92. The molecule has 1 heterocycles. The van der Waals surface area contributed by atoms with Gasteiger partial charge in [0, 0.05) is 18.2 Å². The highest BCUT2D eigenvalue weighted by molar-refractivity contribution is 5.90. The van der Waals surface area contributed by atoms with Gasteiger partial charge in [-0.25, -0.2) is 9.87 Å². The lowest BCUT2D eigenvalue weighted by atomic mass is 10.1. The molecule has 1 N–H and O–H groups in total. The smallest absolute Gasteiger partial charge is 0.310 e. The van der Waals surface area contributed by atoms with E-state index in [4.69, 9.17) is 9.25 Å². The van der Waals surface area contributed by atoms with Gasteiger partial charge < -0.3 is 4.42 Å². The van der Waals surface area contributed by atoms with Crippen molar-refractivity contribution in [2.45, 2.75) is 39.9 Å². The predicted octanol–water partition coefficient (Wildman–Crippen LogP) is 3.51. The Hall–Kier alpha value is -2.18. The van der Waals surface area contributed by atoms with Crippen molar-refractivity contribution in [3.05, 3.63) is 59.3 Å². The minimum atomic E-state index is -0.423. The maximum absolute atomic E-state index is 13.9. The summed E-state index contributed by atoms with van der Waals surface area (Å²) >= 11 is 0. The molecule has 2 rings (SSSR count). The Kier molecular flexibility index (Phi) is 6.52. The number of hydroxylamine groups is 1. The third kappa shape index (κ3) is 4.91. The van der Waals surface area contributed by atoms with Crippen LogP contribution in [0.2, 0.25) is 0 Å². The number of carbonyl (C=O) groups excluding carboxylic acids is 1. The van der Waals surface area contributed by atoms with Crippen LogP contribution in [0.4, 0.5) is 4.39 Å². The molecular weight excluding hydrogens is 311 g/mol. The van der Waals surface area contributed by atoms with Gasteiger partial charge in [-0.15, -0.1) is 0 Å². The fourth-order valence-corrected chi connectivity index (χ4v) is 2.24. The second-order valence-corrected chi connectivity index (χ2v) is 5.72. The maximum atomic E-state index is 13.9. The van der Waals surface area contributed by atoms with Crippen molar-refractivity contribution in [1.82, 2.24) is 10.4 Å². The number of nitrogens with one attached hydrogen (secondary N) is 1. The van der Waals surface area contributed by atoms with E-state index in [1.165, 1.54) is 6.07 Å². The maximum Gasteiger partial charge on any atom is 0.310 e. The van der Waals surface area contributed by atoms with Gasteiger partial charge in [-0.2, -0.15) is 0 Å². The predicted molar refractivity (Wildman–Crippen MR) is 88.6 cm³/mol. The Morgan fingerprint density at radius 1 is 1.25 bits per heavy atom. The van der Waals surface area contributed by atoms with Crippen LogP contribution in [0.1, 0.15) is 42.6 Å². The van der Waals surface area contributed by atoms with E-state index >= 15 is 0 Å². The Labute approximate surface area is 141 Å². The van der Waals surface area contributed by atoms with Crippen molar-refractivity contribution in [3.8, 4) is 0 Å². The molecule has 1 amide bonds. The number of halogens is 1. The van der Waals surface area contributed by atoms with Crippen molar-refractivity contribution in [1.29, 1.82) is 0 Å². The normalized spacial score (nSPS) is 11.2. The van der Waals surface area contributed by atoms with E-state index < -0.39 is 5.91 Å². The van der Waals surface area contributed by atoms with Gasteiger partial charge in [0.05, 0.1) is 13.2 Å². The highest BCUT2D eigenvalue weighted by Gasteiger charge is 2.17. The first-order chi connectivity index (χ1) is 11.5. The Morgan fingerprint density at radius 3 is 2.67 bits per heavy atom. The number of carbonyl (C=O) groups is 1. The number of hydrogen-bond acceptors (Lipinski definition) is 4. The molecular formula is C18H23FN2O3. The average molecular weight is 334 g/mol. The second-order valence-electron chi connectivity index (χ2n) is 5.72. The van der Waals surface area contributed by atoms with E-state index in [0.717, 1.165) is 0 Å². The van der Waals surface area contributed by atoms with Crippen molar-refractivity contribution in [3.63, 3.8) is 0 Å². The topological polar surface area (TPSA) is 54.7 Å². The summed E-state index contributed by atoms with van der Waals surface area (Å²) in [7, 11) is 0. The first kappa shape index (κ1) is 18.2. The van der Waals surface area contributed by atoms with Crippen LogP contribution >= 0.6 is 0 Å². The standard InChI is InChI=1S/C18H23FN2O3/c1-4-23-20-18(22)17-10-9-15(24-17)12-21(13(2)3)11-14-7-5-6-8-16(14)19/h5-10,13H,4,11-12H2,1-3H3,(H,20,22). The number of amides is 1. The zero-order valence-electron chi connectivity index (χ0n) is 14.2. The van der Waals surface area contributed by atoms with E-state index in [1.807, 2.05) is 19.9 Å². The Morgan fingerprint density at radius 2 is 2.00 bits per heavy atom. The summed E-state index contributed by atoms with van der Waals surface area (Å²) < 4.78 is 19.4. The molecule has 1 aromatic carbocycles. The van der Waals surface area contributed by atoms with Crippen molar-refractivity contribution in [2.24, 2.45) is 0 Å². The van der Waals surface area contributed by atoms with Crippen LogP contribution in [-0.4, -0.2) is 23.5 Å². The molecule has 0 unspecified atom stereocenters. The number of nitrogens with zero attached hydrogens (tertiary/aromatic N) is 1. The van der Waals surface area contributed by atoms with Crippen LogP contribution in [0, 0.1) is 5.82 Å². The van der Waals surface area contributed by atoms with Gasteiger partial charge in [0.25, 0.3) is 0 Å². The Balaban J connectivity index is 2.05. The summed E-state index contributed by atoms with van der Waals surface area (Å²) in [6.07, 6.45) is 0. The number of rotatable bonds is 8. The Bertz CT molecular complexity index is 670. The quantitative estimate of drug-likeness (QED) is 0.751. The third-order valence-electron chi connectivity index (χ3n) is 3.62. The second kappa shape index (κ2) is 8.61. The van der Waals surface area contributed by atoms with E-state index in [9.17, 15) is 9.18 Å². The van der Waals surface area contributed by atoms with Crippen LogP contribution in [0.25, 0.3) is 0 Å². The highest BCUT2D eigenvalue weighted by Crippen LogP contribution is 2.17. The zero-order valence-corrected chi connectivity index (χ0v) is 14.2. The zero-order chi connectivity index (χ0) is 17.5. The summed E-state index contributed by atoms with van der Waals surface area (Å²) in [5, 5.41) is 0. The molecule has 24 heavy (non-hydrogen) atoms. The molecule has 0 fully saturated rings. The van der Waals surface area contributed by atoms with Crippen LogP contribution < -0.4 is 5.48 Å². The lowest BCUT2D eigenvalue weighted by molar-refractivity contribution is 0.0338. The van der Waals surface area contributed by atoms with Gasteiger partial charge in [-0.1, -0.05) is 18.2 Å². The summed E-state index contributed by atoms with van der Waals surface area (Å²) in [5.74, 6) is 0.183. The van der Waals surface area contributed by atoms with Crippen LogP contribution in [0.3, 0.4) is 0 Å². The minimum Gasteiger partial charge on any atom is -0.454 e. The summed E-state index contributed by atoms with van der Waals surface area (Å²) in [6, 6.07) is 10.3. The first-order valence-corrected chi connectivity index (χ1v) is 7.99. The number of benzene rings is 1. The van der Waals surface area contributed by atoms with Gasteiger partial charge in [-0.05, 0) is 39.0 Å². The summed E-state index contributed by atoms with van der Waals surface area (Å²) in [6.45, 7) is 7.17. The third-order valence-corrected chi connectivity index (χ3v) is 3.62. The molecule has 130 valence electrons. The SMILES string of the molecule is CCONC(=O)c1ccc(CN(Cc2ccccc2F)C(C)C)o1. The van der Waals surface area contributed by atoms with Crippen LogP contribution in [0.15, 0.2) is 40.8 Å². The van der Waals surface area contributed by atoms with Gasteiger partial charge in [0.1, 0.15) is 11.6 Å². The molecule has 1 aromatic heterocycles. The number of hydrogen-bond donors (Lipinski definition) is 1. The fraction of sp³-hybridized carbons (Fsp3) is 0.389.